The highest BCUT2D eigenvalue weighted by Gasteiger charge is 2.20. The zero-order chi connectivity index (χ0) is 15.5. The van der Waals surface area contributed by atoms with Crippen molar-refractivity contribution in [3.05, 3.63) is 35.9 Å². The Kier molecular flexibility index (Phi) is 7.30. The van der Waals surface area contributed by atoms with Gasteiger partial charge in [0, 0.05) is 18.8 Å². The summed E-state index contributed by atoms with van der Waals surface area (Å²) in [6.07, 6.45) is 5.21. The van der Waals surface area contributed by atoms with Crippen molar-refractivity contribution < 1.29 is 9.53 Å². The van der Waals surface area contributed by atoms with Crippen molar-refractivity contribution in [2.75, 3.05) is 6.61 Å². The lowest BCUT2D eigenvalue weighted by molar-refractivity contribution is -0.124. The molecule has 0 N–H and O–H groups in total. The molecule has 0 aliphatic heterocycles. The number of hydrogen-bond donors (Lipinski definition) is 0. The zero-order valence-electron chi connectivity index (χ0n) is 12.9. The Bertz CT molecular complexity index is 581. The largest absolute Gasteiger partial charge is 0.364 e. The highest BCUT2D eigenvalue weighted by molar-refractivity contribution is 5.81. The van der Waals surface area contributed by atoms with E-state index in [1.54, 1.807) is 0 Å². The Morgan fingerprint density at radius 3 is 2.68 bits per heavy atom. The van der Waals surface area contributed by atoms with Crippen molar-refractivity contribution >= 4 is 5.78 Å². The van der Waals surface area contributed by atoms with E-state index in [1.807, 2.05) is 30.3 Å². The molecule has 1 atom stereocenters. The number of carbonyl (C=O) groups is 1. The molecule has 0 radical (unpaired) electrons. The summed E-state index contributed by atoms with van der Waals surface area (Å²) in [7, 11) is 0. The molecule has 22 heavy (non-hydrogen) atoms. The van der Waals surface area contributed by atoms with Crippen LogP contribution in [0.4, 0.5) is 0 Å². The average Bonchev–Trinajstić information content (AvgIpc) is 2.56. The minimum Gasteiger partial charge on any atom is -0.364 e. The van der Waals surface area contributed by atoms with Crippen molar-refractivity contribution in [1.82, 2.24) is 0 Å². The zero-order valence-corrected chi connectivity index (χ0v) is 12.9. The number of ketones is 1. The molecule has 0 aromatic heterocycles. The second kappa shape index (κ2) is 9.82. The quantitative estimate of drug-likeness (QED) is 0.624. The molecule has 0 heterocycles. The lowest BCUT2D eigenvalue weighted by Crippen LogP contribution is -2.18. The van der Waals surface area contributed by atoms with E-state index < -0.39 is 0 Å². The van der Waals surface area contributed by atoms with Gasteiger partial charge in [-0.1, -0.05) is 54.5 Å². The van der Waals surface area contributed by atoms with Crippen LogP contribution in [-0.4, -0.2) is 12.4 Å². The topological polar surface area (TPSA) is 26.3 Å². The minimum atomic E-state index is 0.170. The molecule has 0 bridgehead atoms. The van der Waals surface area contributed by atoms with Gasteiger partial charge in [-0.25, -0.2) is 0 Å². The van der Waals surface area contributed by atoms with Crippen LogP contribution in [0, 0.1) is 29.6 Å². The number of hydrogen-bond acceptors (Lipinski definition) is 2. The Morgan fingerprint density at radius 1 is 1.05 bits per heavy atom. The number of ether oxygens (including phenoxy) is 1. The molecule has 1 fully saturated rings. The van der Waals surface area contributed by atoms with Gasteiger partial charge in [0.2, 0.25) is 0 Å². The third-order valence-corrected chi connectivity index (χ3v) is 3.74. The van der Waals surface area contributed by atoms with Gasteiger partial charge in [0.1, 0.15) is 12.4 Å². The lowest BCUT2D eigenvalue weighted by atomic mass is 9.86. The molecule has 2 rings (SSSR count). The van der Waals surface area contributed by atoms with Crippen molar-refractivity contribution in [2.24, 2.45) is 5.92 Å². The first kappa shape index (κ1) is 16.3. The maximum absolute atomic E-state index is 11.6. The number of benzene rings is 1. The van der Waals surface area contributed by atoms with Crippen LogP contribution in [-0.2, 0) is 16.1 Å². The standard InChI is InChI=1S/C20H22O2/c21-20-15-9-8-14-19(20)13-7-2-1-3-10-16-22-17-18-11-5-4-6-12-18/h4-6,11-12,19H,1,8-9,13-17H2. The molecular formula is C20H22O2. The van der Waals surface area contributed by atoms with Gasteiger partial charge in [0.05, 0.1) is 13.0 Å². The van der Waals surface area contributed by atoms with Gasteiger partial charge in [-0.05, 0) is 18.4 Å². The van der Waals surface area contributed by atoms with Crippen LogP contribution in [0.15, 0.2) is 30.3 Å². The number of Topliss-reactive ketones (excluding diaryl/α,β-unsaturated/α-hetero) is 1. The van der Waals surface area contributed by atoms with Crippen LogP contribution in [0.25, 0.3) is 0 Å². The van der Waals surface area contributed by atoms with Gasteiger partial charge in [-0.2, -0.15) is 0 Å². The highest BCUT2D eigenvalue weighted by atomic mass is 16.5. The van der Waals surface area contributed by atoms with Crippen molar-refractivity contribution in [1.29, 1.82) is 0 Å². The van der Waals surface area contributed by atoms with Gasteiger partial charge < -0.3 is 4.74 Å². The Labute approximate surface area is 133 Å². The summed E-state index contributed by atoms with van der Waals surface area (Å²) in [6, 6.07) is 10.0. The Balaban J connectivity index is 1.57. The summed E-state index contributed by atoms with van der Waals surface area (Å²) in [6.45, 7) is 1.02. The predicted molar refractivity (Wildman–Crippen MR) is 87.8 cm³/mol. The number of carbonyl (C=O) groups excluding carboxylic acids is 1. The van der Waals surface area contributed by atoms with E-state index in [4.69, 9.17) is 4.74 Å². The molecule has 1 unspecified atom stereocenters. The van der Waals surface area contributed by atoms with E-state index in [-0.39, 0.29) is 5.92 Å². The van der Waals surface area contributed by atoms with Crippen LogP contribution >= 0.6 is 0 Å². The summed E-state index contributed by atoms with van der Waals surface area (Å²) in [5.41, 5.74) is 1.15. The molecule has 1 saturated carbocycles. The second-order valence-corrected chi connectivity index (χ2v) is 5.48. The molecule has 2 heteroatoms. The van der Waals surface area contributed by atoms with E-state index in [9.17, 15) is 4.79 Å². The number of rotatable bonds is 4. The fraction of sp³-hybridized carbons (Fsp3) is 0.450. The fourth-order valence-electron chi connectivity index (χ4n) is 2.48. The molecule has 1 aliphatic carbocycles. The van der Waals surface area contributed by atoms with Crippen LogP contribution in [0.1, 0.15) is 44.1 Å². The Hall–Kier alpha value is -2.03. The molecular weight excluding hydrogens is 272 g/mol. The third kappa shape index (κ3) is 6.17. The van der Waals surface area contributed by atoms with Crippen molar-refractivity contribution in [3.63, 3.8) is 0 Å². The average molecular weight is 294 g/mol. The maximum atomic E-state index is 11.6. The molecule has 2 nitrogen and oxygen atoms in total. The minimum absolute atomic E-state index is 0.170. The first-order chi connectivity index (χ1) is 10.9. The SMILES string of the molecule is O=C1CCCCC1CC#CCC#CCOCc1ccccc1. The van der Waals surface area contributed by atoms with Gasteiger partial charge in [-0.3, -0.25) is 4.79 Å². The molecule has 1 aromatic rings. The lowest BCUT2D eigenvalue weighted by Gasteiger charge is -2.17. The summed E-state index contributed by atoms with van der Waals surface area (Å²) in [5, 5.41) is 0. The van der Waals surface area contributed by atoms with E-state index in [2.05, 4.69) is 23.7 Å². The van der Waals surface area contributed by atoms with Gasteiger partial charge in [0.25, 0.3) is 0 Å². The first-order valence-electron chi connectivity index (χ1n) is 7.92. The maximum Gasteiger partial charge on any atom is 0.136 e. The normalized spacial score (nSPS) is 17.1. The van der Waals surface area contributed by atoms with Crippen LogP contribution in [0.3, 0.4) is 0 Å². The molecule has 1 aromatic carbocycles. The van der Waals surface area contributed by atoms with Crippen LogP contribution in [0.5, 0.6) is 0 Å². The Morgan fingerprint density at radius 2 is 1.86 bits per heavy atom. The monoisotopic (exact) mass is 294 g/mol. The molecule has 114 valence electrons. The second-order valence-electron chi connectivity index (χ2n) is 5.48. The summed E-state index contributed by atoms with van der Waals surface area (Å²) < 4.78 is 5.47. The molecule has 0 spiro atoms. The highest BCUT2D eigenvalue weighted by Crippen LogP contribution is 2.22. The van der Waals surface area contributed by atoms with E-state index in [1.165, 1.54) is 0 Å². The summed E-state index contributed by atoms with van der Waals surface area (Å²) in [4.78, 5) is 11.6. The van der Waals surface area contributed by atoms with E-state index in [0.717, 1.165) is 31.2 Å². The fourth-order valence-corrected chi connectivity index (χ4v) is 2.48. The van der Waals surface area contributed by atoms with Crippen LogP contribution < -0.4 is 0 Å². The van der Waals surface area contributed by atoms with E-state index >= 15 is 0 Å². The summed E-state index contributed by atoms with van der Waals surface area (Å²) >= 11 is 0. The third-order valence-electron chi connectivity index (χ3n) is 3.74. The molecule has 0 amide bonds. The molecule has 1 aliphatic rings. The van der Waals surface area contributed by atoms with Gasteiger partial charge in [0.15, 0.2) is 0 Å². The summed E-state index contributed by atoms with van der Waals surface area (Å²) in [5.74, 6) is 12.6. The molecule has 0 saturated heterocycles. The first-order valence-corrected chi connectivity index (χ1v) is 7.92. The van der Waals surface area contributed by atoms with E-state index in [0.29, 0.717) is 31.8 Å². The van der Waals surface area contributed by atoms with Gasteiger partial charge >= 0.3 is 0 Å². The van der Waals surface area contributed by atoms with Crippen molar-refractivity contribution in [2.45, 2.75) is 45.1 Å². The smallest absolute Gasteiger partial charge is 0.136 e. The van der Waals surface area contributed by atoms with Crippen molar-refractivity contribution in [3.8, 4) is 23.7 Å². The predicted octanol–water partition coefficient (Wildman–Crippen LogP) is 3.75. The van der Waals surface area contributed by atoms with Gasteiger partial charge in [-0.15, -0.1) is 5.92 Å². The van der Waals surface area contributed by atoms with Crippen LogP contribution in [0.2, 0.25) is 0 Å².